The summed E-state index contributed by atoms with van der Waals surface area (Å²) >= 11 is 0. The van der Waals surface area contributed by atoms with Crippen molar-refractivity contribution in [2.24, 2.45) is 17.8 Å². The van der Waals surface area contributed by atoms with E-state index in [4.69, 9.17) is 4.42 Å². The molecule has 2 aliphatic carbocycles. The highest BCUT2D eigenvalue weighted by Crippen LogP contribution is 2.49. The topological polar surface area (TPSA) is 68.0 Å². The van der Waals surface area contributed by atoms with Crippen molar-refractivity contribution in [3.05, 3.63) is 30.7 Å². The molecule has 3 atom stereocenters. The van der Waals surface area contributed by atoms with E-state index in [0.29, 0.717) is 18.2 Å². The van der Waals surface area contributed by atoms with Crippen LogP contribution >= 0.6 is 0 Å². The molecular weight excluding hydrogens is 278 g/mol. The standard InChI is InChI=1S/C17H19N3O2/c21-16(9-14-7-11-4-5-12(14)6-11)19-15-3-1-2-13(8-15)17-20-18-10-22-17/h1-3,8,10-12,14H,4-7,9H2,(H,19,21). The number of amides is 1. The molecule has 5 nitrogen and oxygen atoms in total. The average Bonchev–Trinajstić information content (AvgIpc) is 3.25. The predicted molar refractivity (Wildman–Crippen MR) is 81.9 cm³/mol. The van der Waals surface area contributed by atoms with Crippen LogP contribution in [0.2, 0.25) is 0 Å². The number of hydrogen-bond donors (Lipinski definition) is 1. The van der Waals surface area contributed by atoms with Gasteiger partial charge in [-0.3, -0.25) is 4.79 Å². The highest BCUT2D eigenvalue weighted by atomic mass is 16.4. The molecule has 1 amide bonds. The van der Waals surface area contributed by atoms with E-state index in [0.717, 1.165) is 23.1 Å². The fourth-order valence-electron chi connectivity index (χ4n) is 4.11. The molecule has 4 rings (SSSR count). The zero-order chi connectivity index (χ0) is 14.9. The first kappa shape index (κ1) is 13.5. The summed E-state index contributed by atoms with van der Waals surface area (Å²) in [7, 11) is 0. The molecule has 0 saturated heterocycles. The third kappa shape index (κ3) is 2.63. The molecule has 3 unspecified atom stereocenters. The second-order valence-corrected chi connectivity index (χ2v) is 6.51. The zero-order valence-corrected chi connectivity index (χ0v) is 12.4. The SMILES string of the molecule is O=C(CC1CC2CCC1C2)Nc1cccc(-c2nnco2)c1. The molecule has 1 aromatic carbocycles. The predicted octanol–water partition coefficient (Wildman–Crippen LogP) is 3.50. The van der Waals surface area contributed by atoms with Gasteiger partial charge in [0.15, 0.2) is 0 Å². The molecule has 1 aromatic heterocycles. The number of benzene rings is 1. The van der Waals surface area contributed by atoms with Crippen LogP contribution < -0.4 is 5.32 Å². The Morgan fingerprint density at radius 3 is 3.00 bits per heavy atom. The highest BCUT2D eigenvalue weighted by molar-refractivity contribution is 5.91. The fourth-order valence-corrected chi connectivity index (χ4v) is 4.11. The van der Waals surface area contributed by atoms with Crippen molar-refractivity contribution in [1.29, 1.82) is 0 Å². The first-order valence-electron chi connectivity index (χ1n) is 7.94. The lowest BCUT2D eigenvalue weighted by molar-refractivity contribution is -0.117. The molecule has 2 aromatic rings. The van der Waals surface area contributed by atoms with E-state index in [1.807, 2.05) is 24.3 Å². The van der Waals surface area contributed by atoms with Crippen molar-refractivity contribution in [1.82, 2.24) is 10.2 Å². The first-order valence-corrected chi connectivity index (χ1v) is 7.94. The summed E-state index contributed by atoms with van der Waals surface area (Å²) in [6, 6.07) is 7.52. The molecule has 2 bridgehead atoms. The molecule has 0 radical (unpaired) electrons. The van der Waals surface area contributed by atoms with E-state index in [1.54, 1.807) is 0 Å². The van der Waals surface area contributed by atoms with Gasteiger partial charge in [0.2, 0.25) is 18.2 Å². The van der Waals surface area contributed by atoms with E-state index in [2.05, 4.69) is 15.5 Å². The number of carbonyl (C=O) groups is 1. The van der Waals surface area contributed by atoms with Crippen molar-refractivity contribution in [2.75, 3.05) is 5.32 Å². The summed E-state index contributed by atoms with van der Waals surface area (Å²) in [5.41, 5.74) is 1.60. The smallest absolute Gasteiger partial charge is 0.247 e. The van der Waals surface area contributed by atoms with Crippen LogP contribution in [0, 0.1) is 17.8 Å². The van der Waals surface area contributed by atoms with Crippen LogP contribution in [0.3, 0.4) is 0 Å². The minimum absolute atomic E-state index is 0.111. The van der Waals surface area contributed by atoms with Crippen LogP contribution in [0.5, 0.6) is 0 Å². The molecular formula is C17H19N3O2. The molecule has 0 aliphatic heterocycles. The molecule has 2 aliphatic rings. The largest absolute Gasteiger partial charge is 0.423 e. The van der Waals surface area contributed by atoms with Gasteiger partial charge in [0, 0.05) is 17.7 Å². The van der Waals surface area contributed by atoms with Gasteiger partial charge in [-0.15, -0.1) is 10.2 Å². The quantitative estimate of drug-likeness (QED) is 0.937. The Morgan fingerprint density at radius 2 is 2.27 bits per heavy atom. The molecule has 1 heterocycles. The maximum atomic E-state index is 12.3. The molecule has 1 N–H and O–H groups in total. The number of nitrogens with zero attached hydrogens (tertiary/aromatic N) is 2. The van der Waals surface area contributed by atoms with Gasteiger partial charge < -0.3 is 9.73 Å². The van der Waals surface area contributed by atoms with Crippen LogP contribution in [0.15, 0.2) is 35.1 Å². The van der Waals surface area contributed by atoms with E-state index in [-0.39, 0.29) is 5.91 Å². The van der Waals surface area contributed by atoms with Gasteiger partial charge in [-0.1, -0.05) is 12.5 Å². The number of nitrogens with one attached hydrogen (secondary N) is 1. The molecule has 114 valence electrons. The minimum atomic E-state index is 0.111. The Bertz CT molecular complexity index is 668. The Morgan fingerprint density at radius 1 is 1.32 bits per heavy atom. The van der Waals surface area contributed by atoms with Crippen molar-refractivity contribution in [3.8, 4) is 11.5 Å². The Labute approximate surface area is 129 Å². The summed E-state index contributed by atoms with van der Waals surface area (Å²) in [4.78, 5) is 12.3. The molecule has 2 saturated carbocycles. The van der Waals surface area contributed by atoms with Crippen molar-refractivity contribution >= 4 is 11.6 Å². The van der Waals surface area contributed by atoms with Crippen molar-refractivity contribution < 1.29 is 9.21 Å². The maximum absolute atomic E-state index is 12.3. The summed E-state index contributed by atoms with van der Waals surface area (Å²) in [6.07, 6.45) is 7.21. The monoisotopic (exact) mass is 297 g/mol. The summed E-state index contributed by atoms with van der Waals surface area (Å²) in [6.45, 7) is 0. The Hall–Kier alpha value is -2.17. The first-order chi connectivity index (χ1) is 10.8. The summed E-state index contributed by atoms with van der Waals surface area (Å²) < 4.78 is 5.19. The van der Waals surface area contributed by atoms with Crippen molar-refractivity contribution in [2.45, 2.75) is 32.1 Å². The summed E-state index contributed by atoms with van der Waals surface area (Å²) in [5.74, 6) is 2.81. The number of rotatable bonds is 4. The minimum Gasteiger partial charge on any atom is -0.423 e. The van der Waals surface area contributed by atoms with Gasteiger partial charge >= 0.3 is 0 Å². The Kier molecular flexibility index (Phi) is 3.41. The van der Waals surface area contributed by atoms with Crippen LogP contribution in [0.4, 0.5) is 5.69 Å². The van der Waals surface area contributed by atoms with Gasteiger partial charge in [-0.05, 0) is 55.2 Å². The van der Waals surface area contributed by atoms with E-state index in [1.165, 1.54) is 32.1 Å². The fraction of sp³-hybridized carbons (Fsp3) is 0.471. The molecule has 5 heteroatoms. The Balaban J connectivity index is 1.40. The second-order valence-electron chi connectivity index (χ2n) is 6.51. The maximum Gasteiger partial charge on any atom is 0.247 e. The average molecular weight is 297 g/mol. The van der Waals surface area contributed by atoms with E-state index < -0.39 is 0 Å². The van der Waals surface area contributed by atoms with Crippen LogP contribution in [0.1, 0.15) is 32.1 Å². The normalized spacial score (nSPS) is 26.3. The lowest BCUT2D eigenvalue weighted by atomic mass is 9.86. The number of fused-ring (bicyclic) bond motifs is 2. The number of hydrogen-bond acceptors (Lipinski definition) is 4. The van der Waals surface area contributed by atoms with Crippen LogP contribution in [-0.4, -0.2) is 16.1 Å². The molecule has 2 fully saturated rings. The lowest BCUT2D eigenvalue weighted by Gasteiger charge is -2.20. The van der Waals surface area contributed by atoms with Gasteiger partial charge in [0.25, 0.3) is 0 Å². The highest BCUT2D eigenvalue weighted by Gasteiger charge is 2.40. The number of aromatic nitrogens is 2. The number of anilines is 1. The third-order valence-electron chi connectivity index (χ3n) is 5.09. The van der Waals surface area contributed by atoms with Crippen molar-refractivity contribution in [3.63, 3.8) is 0 Å². The number of carbonyl (C=O) groups excluding carboxylic acids is 1. The van der Waals surface area contributed by atoms with E-state index in [9.17, 15) is 4.79 Å². The van der Waals surface area contributed by atoms with Gasteiger partial charge in [-0.2, -0.15) is 0 Å². The van der Waals surface area contributed by atoms with E-state index >= 15 is 0 Å². The zero-order valence-electron chi connectivity index (χ0n) is 12.4. The van der Waals surface area contributed by atoms with Gasteiger partial charge in [0.05, 0.1) is 0 Å². The van der Waals surface area contributed by atoms with Gasteiger partial charge in [-0.25, -0.2) is 0 Å². The lowest BCUT2D eigenvalue weighted by Crippen LogP contribution is -2.20. The third-order valence-corrected chi connectivity index (χ3v) is 5.09. The van der Waals surface area contributed by atoms with Gasteiger partial charge in [0.1, 0.15) is 0 Å². The molecule has 0 spiro atoms. The molecule has 22 heavy (non-hydrogen) atoms. The second kappa shape index (κ2) is 5.55. The van der Waals surface area contributed by atoms with Crippen LogP contribution in [-0.2, 0) is 4.79 Å². The summed E-state index contributed by atoms with van der Waals surface area (Å²) in [5, 5.41) is 10.6. The van der Waals surface area contributed by atoms with Crippen LogP contribution in [0.25, 0.3) is 11.5 Å².